The van der Waals surface area contributed by atoms with Gasteiger partial charge < -0.3 is 10.5 Å². The van der Waals surface area contributed by atoms with Crippen molar-refractivity contribution in [3.05, 3.63) is 34.3 Å². The molecule has 0 saturated heterocycles. The molecule has 90 valence electrons. The third-order valence-electron chi connectivity index (χ3n) is 2.50. The molecule has 0 spiro atoms. The normalized spacial score (nSPS) is 12.7. The summed E-state index contributed by atoms with van der Waals surface area (Å²) in [5, 5.41) is 0. The second-order valence-electron chi connectivity index (χ2n) is 3.86. The molecule has 1 rings (SSSR count). The molecule has 0 amide bonds. The van der Waals surface area contributed by atoms with E-state index in [9.17, 15) is 0 Å². The van der Waals surface area contributed by atoms with Crippen LogP contribution in [0.5, 0.6) is 0 Å². The fraction of sp³-hybridized carbons (Fsp3) is 0.538. The SMILES string of the molecule is CCCCCOC(CN)c1cccc(Br)c1. The highest BCUT2D eigenvalue weighted by atomic mass is 79.9. The van der Waals surface area contributed by atoms with Crippen LogP contribution in [-0.4, -0.2) is 13.2 Å². The predicted octanol–water partition coefficient (Wildman–Crippen LogP) is 3.66. The number of nitrogens with two attached hydrogens (primary N) is 1. The summed E-state index contributed by atoms with van der Waals surface area (Å²) in [5.74, 6) is 0. The van der Waals surface area contributed by atoms with Gasteiger partial charge in [0.05, 0.1) is 6.10 Å². The molecule has 2 N–H and O–H groups in total. The molecule has 3 heteroatoms. The molecule has 1 atom stereocenters. The number of rotatable bonds is 7. The van der Waals surface area contributed by atoms with E-state index in [0.717, 1.165) is 23.1 Å². The average molecular weight is 286 g/mol. The minimum Gasteiger partial charge on any atom is -0.372 e. The highest BCUT2D eigenvalue weighted by Gasteiger charge is 2.09. The molecule has 0 fully saturated rings. The first-order chi connectivity index (χ1) is 7.77. The predicted molar refractivity (Wildman–Crippen MR) is 71.4 cm³/mol. The first-order valence-electron chi connectivity index (χ1n) is 5.85. The standard InChI is InChI=1S/C13H20BrNO/c1-2-3-4-8-16-13(10-15)11-6-5-7-12(14)9-11/h5-7,9,13H,2-4,8,10,15H2,1H3. The second-order valence-corrected chi connectivity index (χ2v) is 4.77. The van der Waals surface area contributed by atoms with Gasteiger partial charge in [0.1, 0.15) is 0 Å². The number of hydrogen-bond acceptors (Lipinski definition) is 2. The van der Waals surface area contributed by atoms with E-state index in [4.69, 9.17) is 10.5 Å². The van der Waals surface area contributed by atoms with Crippen molar-refractivity contribution in [2.24, 2.45) is 5.73 Å². The van der Waals surface area contributed by atoms with Gasteiger partial charge in [-0.3, -0.25) is 0 Å². The Kier molecular flexibility index (Phi) is 6.69. The van der Waals surface area contributed by atoms with Crippen LogP contribution >= 0.6 is 15.9 Å². The largest absolute Gasteiger partial charge is 0.372 e. The molecular formula is C13H20BrNO. The van der Waals surface area contributed by atoms with Gasteiger partial charge in [-0.2, -0.15) is 0 Å². The molecule has 0 aliphatic carbocycles. The van der Waals surface area contributed by atoms with Crippen LogP contribution in [0.2, 0.25) is 0 Å². The van der Waals surface area contributed by atoms with Crippen molar-refractivity contribution < 1.29 is 4.74 Å². The quantitative estimate of drug-likeness (QED) is 0.776. The van der Waals surface area contributed by atoms with Crippen molar-refractivity contribution >= 4 is 15.9 Å². The minimum atomic E-state index is 0.0226. The zero-order valence-corrected chi connectivity index (χ0v) is 11.4. The summed E-state index contributed by atoms with van der Waals surface area (Å²) in [6.07, 6.45) is 3.57. The Hall–Kier alpha value is -0.380. The molecule has 2 nitrogen and oxygen atoms in total. The van der Waals surface area contributed by atoms with E-state index >= 15 is 0 Å². The van der Waals surface area contributed by atoms with Crippen LogP contribution in [0, 0.1) is 0 Å². The molecule has 0 aliphatic rings. The summed E-state index contributed by atoms with van der Waals surface area (Å²) in [6.45, 7) is 3.51. The summed E-state index contributed by atoms with van der Waals surface area (Å²) in [6, 6.07) is 8.14. The van der Waals surface area contributed by atoms with Crippen molar-refractivity contribution in [3.8, 4) is 0 Å². The topological polar surface area (TPSA) is 35.2 Å². The summed E-state index contributed by atoms with van der Waals surface area (Å²) in [4.78, 5) is 0. The summed E-state index contributed by atoms with van der Waals surface area (Å²) >= 11 is 3.46. The van der Waals surface area contributed by atoms with Crippen LogP contribution in [0.1, 0.15) is 37.9 Å². The second kappa shape index (κ2) is 7.82. The molecular weight excluding hydrogens is 266 g/mol. The molecule has 1 aromatic carbocycles. The first kappa shape index (κ1) is 13.7. The molecule has 0 bridgehead atoms. The maximum Gasteiger partial charge on any atom is 0.0947 e. The van der Waals surface area contributed by atoms with E-state index in [2.05, 4.69) is 35.0 Å². The van der Waals surface area contributed by atoms with Gasteiger partial charge in [0.15, 0.2) is 0 Å². The lowest BCUT2D eigenvalue weighted by atomic mass is 10.1. The molecule has 0 radical (unpaired) electrons. The fourth-order valence-electron chi connectivity index (χ4n) is 1.58. The van der Waals surface area contributed by atoms with Gasteiger partial charge in [-0.05, 0) is 24.1 Å². The van der Waals surface area contributed by atoms with Crippen molar-refractivity contribution in [1.82, 2.24) is 0 Å². The number of ether oxygens (including phenoxy) is 1. The van der Waals surface area contributed by atoms with Gasteiger partial charge in [0.25, 0.3) is 0 Å². The van der Waals surface area contributed by atoms with Gasteiger partial charge in [-0.15, -0.1) is 0 Å². The maximum absolute atomic E-state index is 5.79. The zero-order chi connectivity index (χ0) is 11.8. The van der Waals surface area contributed by atoms with Crippen LogP contribution in [0.25, 0.3) is 0 Å². The minimum absolute atomic E-state index is 0.0226. The van der Waals surface area contributed by atoms with Crippen LogP contribution in [0.3, 0.4) is 0 Å². The number of halogens is 1. The van der Waals surface area contributed by atoms with E-state index in [1.165, 1.54) is 12.8 Å². The number of unbranched alkanes of at least 4 members (excludes halogenated alkanes) is 2. The zero-order valence-electron chi connectivity index (χ0n) is 9.79. The van der Waals surface area contributed by atoms with E-state index < -0.39 is 0 Å². The Labute approximate surface area is 106 Å². The van der Waals surface area contributed by atoms with E-state index in [1.54, 1.807) is 0 Å². The van der Waals surface area contributed by atoms with Gasteiger partial charge in [0.2, 0.25) is 0 Å². The van der Waals surface area contributed by atoms with Gasteiger partial charge in [0, 0.05) is 17.6 Å². The van der Waals surface area contributed by atoms with E-state index in [-0.39, 0.29) is 6.10 Å². The van der Waals surface area contributed by atoms with Crippen LogP contribution in [-0.2, 0) is 4.74 Å². The number of benzene rings is 1. The Morgan fingerprint density at radius 1 is 1.38 bits per heavy atom. The van der Waals surface area contributed by atoms with Crippen molar-refractivity contribution in [1.29, 1.82) is 0 Å². The van der Waals surface area contributed by atoms with Gasteiger partial charge in [-0.1, -0.05) is 47.8 Å². The molecule has 16 heavy (non-hydrogen) atoms. The van der Waals surface area contributed by atoms with Crippen LogP contribution < -0.4 is 5.73 Å². The lowest BCUT2D eigenvalue weighted by Crippen LogP contribution is -2.16. The molecule has 1 unspecified atom stereocenters. The lowest BCUT2D eigenvalue weighted by Gasteiger charge is -2.16. The van der Waals surface area contributed by atoms with Crippen molar-refractivity contribution in [2.45, 2.75) is 32.3 Å². The number of hydrogen-bond donors (Lipinski definition) is 1. The van der Waals surface area contributed by atoms with Crippen molar-refractivity contribution in [3.63, 3.8) is 0 Å². The Balaban J connectivity index is 2.47. The summed E-state index contributed by atoms with van der Waals surface area (Å²) in [7, 11) is 0. The Bertz CT molecular complexity index is 304. The summed E-state index contributed by atoms with van der Waals surface area (Å²) < 4.78 is 6.86. The first-order valence-corrected chi connectivity index (χ1v) is 6.64. The smallest absolute Gasteiger partial charge is 0.0947 e. The van der Waals surface area contributed by atoms with Gasteiger partial charge >= 0.3 is 0 Å². The lowest BCUT2D eigenvalue weighted by molar-refractivity contribution is 0.0559. The highest BCUT2D eigenvalue weighted by Crippen LogP contribution is 2.20. The Morgan fingerprint density at radius 2 is 2.19 bits per heavy atom. The fourth-order valence-corrected chi connectivity index (χ4v) is 2.00. The molecule has 0 saturated carbocycles. The maximum atomic E-state index is 5.79. The van der Waals surface area contributed by atoms with E-state index in [1.807, 2.05) is 12.1 Å². The summed E-state index contributed by atoms with van der Waals surface area (Å²) in [5.41, 5.74) is 6.88. The molecule has 0 aromatic heterocycles. The molecule has 0 heterocycles. The van der Waals surface area contributed by atoms with Gasteiger partial charge in [-0.25, -0.2) is 0 Å². The third-order valence-corrected chi connectivity index (χ3v) is 2.99. The monoisotopic (exact) mass is 285 g/mol. The van der Waals surface area contributed by atoms with E-state index in [0.29, 0.717) is 6.54 Å². The third kappa shape index (κ3) is 4.64. The Morgan fingerprint density at radius 3 is 2.81 bits per heavy atom. The van der Waals surface area contributed by atoms with Crippen LogP contribution in [0.4, 0.5) is 0 Å². The average Bonchev–Trinajstić information content (AvgIpc) is 2.29. The highest BCUT2D eigenvalue weighted by molar-refractivity contribution is 9.10. The van der Waals surface area contributed by atoms with Crippen LogP contribution in [0.15, 0.2) is 28.7 Å². The molecule has 1 aromatic rings. The molecule has 0 aliphatic heterocycles. The van der Waals surface area contributed by atoms with Crippen molar-refractivity contribution in [2.75, 3.05) is 13.2 Å².